The van der Waals surface area contributed by atoms with E-state index in [0.29, 0.717) is 0 Å². The van der Waals surface area contributed by atoms with E-state index >= 15 is 0 Å². The molecule has 0 radical (unpaired) electrons. The largest absolute Gasteiger partial charge is 0.431 e. The molecular formula is C17H19NO2. The third kappa shape index (κ3) is 1.99. The van der Waals surface area contributed by atoms with Crippen molar-refractivity contribution < 1.29 is 9.47 Å². The van der Waals surface area contributed by atoms with Gasteiger partial charge in [-0.2, -0.15) is 0 Å². The molecule has 1 heterocycles. The third-order valence-electron chi connectivity index (χ3n) is 3.63. The van der Waals surface area contributed by atoms with Crippen molar-refractivity contribution in [2.45, 2.75) is 26.2 Å². The Hall–Kier alpha value is -2.16. The molecule has 0 saturated heterocycles. The summed E-state index contributed by atoms with van der Waals surface area (Å²) in [6, 6.07) is 18.1. The van der Waals surface area contributed by atoms with Crippen LogP contribution < -0.4 is 14.4 Å². The van der Waals surface area contributed by atoms with Crippen LogP contribution in [0.4, 0.5) is 5.69 Å². The quantitative estimate of drug-likeness (QED) is 0.836. The zero-order valence-corrected chi connectivity index (χ0v) is 11.9. The zero-order valence-electron chi connectivity index (χ0n) is 11.9. The van der Waals surface area contributed by atoms with E-state index in [0.717, 1.165) is 30.2 Å². The zero-order chi connectivity index (χ0) is 14.0. The van der Waals surface area contributed by atoms with Crippen LogP contribution in [-0.4, -0.2) is 12.5 Å². The first kappa shape index (κ1) is 12.9. The highest BCUT2D eigenvalue weighted by atomic mass is 16.8. The Morgan fingerprint density at radius 3 is 1.90 bits per heavy atom. The summed E-state index contributed by atoms with van der Waals surface area (Å²) in [6.07, 6.45) is 0.740. The molecule has 20 heavy (non-hydrogen) atoms. The number of para-hydroxylation sites is 3. The lowest BCUT2D eigenvalue weighted by atomic mass is 10.2. The summed E-state index contributed by atoms with van der Waals surface area (Å²) in [5, 5.41) is 0. The highest BCUT2D eigenvalue weighted by molar-refractivity contribution is 5.51. The maximum atomic E-state index is 6.15. The highest BCUT2D eigenvalue weighted by Gasteiger charge is 2.45. The molecule has 3 nitrogen and oxygen atoms in total. The average Bonchev–Trinajstić information content (AvgIpc) is 2.88. The minimum atomic E-state index is -0.750. The molecule has 1 aliphatic rings. The second kappa shape index (κ2) is 5.08. The smallest absolute Gasteiger partial charge is 0.338 e. The van der Waals surface area contributed by atoms with Gasteiger partial charge in [0, 0.05) is 18.7 Å². The summed E-state index contributed by atoms with van der Waals surface area (Å²) in [7, 11) is 0. The van der Waals surface area contributed by atoms with E-state index in [2.05, 4.69) is 30.9 Å². The van der Waals surface area contributed by atoms with Crippen LogP contribution in [-0.2, 0) is 0 Å². The van der Waals surface area contributed by atoms with Gasteiger partial charge < -0.3 is 14.4 Å². The molecule has 0 saturated carbocycles. The molecule has 0 bridgehead atoms. The predicted molar refractivity (Wildman–Crippen MR) is 80.2 cm³/mol. The second-order valence-electron chi connectivity index (χ2n) is 4.80. The maximum absolute atomic E-state index is 6.15. The molecule has 0 N–H and O–H groups in total. The van der Waals surface area contributed by atoms with Gasteiger partial charge in [0.15, 0.2) is 11.5 Å². The molecule has 0 atom stereocenters. The predicted octanol–water partition coefficient (Wildman–Crippen LogP) is 4.05. The van der Waals surface area contributed by atoms with Gasteiger partial charge in [-0.05, 0) is 31.2 Å². The number of rotatable bonds is 4. The first-order valence-electron chi connectivity index (χ1n) is 7.09. The maximum Gasteiger partial charge on any atom is 0.338 e. The fourth-order valence-electron chi connectivity index (χ4n) is 2.66. The van der Waals surface area contributed by atoms with E-state index in [1.54, 1.807) is 0 Å². The fourth-order valence-corrected chi connectivity index (χ4v) is 2.66. The van der Waals surface area contributed by atoms with Gasteiger partial charge in [0.25, 0.3) is 0 Å². The van der Waals surface area contributed by atoms with Crippen LogP contribution in [0.2, 0.25) is 0 Å². The molecule has 0 fully saturated rings. The average molecular weight is 269 g/mol. The van der Waals surface area contributed by atoms with Crippen LogP contribution in [0.15, 0.2) is 54.6 Å². The van der Waals surface area contributed by atoms with Gasteiger partial charge in [-0.1, -0.05) is 37.3 Å². The first-order valence-corrected chi connectivity index (χ1v) is 7.09. The van der Waals surface area contributed by atoms with E-state index in [1.807, 2.05) is 42.5 Å². The molecule has 3 heteroatoms. The molecule has 0 unspecified atom stereocenters. The van der Waals surface area contributed by atoms with E-state index in [9.17, 15) is 0 Å². The van der Waals surface area contributed by atoms with Gasteiger partial charge in [0.2, 0.25) is 0 Å². The van der Waals surface area contributed by atoms with E-state index in [-0.39, 0.29) is 0 Å². The van der Waals surface area contributed by atoms with Crippen molar-refractivity contribution >= 4 is 5.69 Å². The topological polar surface area (TPSA) is 21.7 Å². The Morgan fingerprint density at radius 2 is 1.40 bits per heavy atom. The lowest BCUT2D eigenvalue weighted by Gasteiger charge is -2.38. The third-order valence-corrected chi connectivity index (χ3v) is 3.63. The Morgan fingerprint density at radius 1 is 0.850 bits per heavy atom. The van der Waals surface area contributed by atoms with Crippen LogP contribution in [0.5, 0.6) is 11.5 Å². The summed E-state index contributed by atoms with van der Waals surface area (Å²) < 4.78 is 12.3. The van der Waals surface area contributed by atoms with Crippen LogP contribution in [0.25, 0.3) is 0 Å². The lowest BCUT2D eigenvalue weighted by molar-refractivity contribution is -0.0826. The molecule has 2 aromatic carbocycles. The molecule has 1 aliphatic heterocycles. The van der Waals surface area contributed by atoms with E-state index in [1.165, 1.54) is 0 Å². The van der Waals surface area contributed by atoms with Gasteiger partial charge in [-0.25, -0.2) is 0 Å². The van der Waals surface area contributed by atoms with Gasteiger partial charge in [0.05, 0.1) is 0 Å². The number of hydrogen-bond donors (Lipinski definition) is 0. The summed E-state index contributed by atoms with van der Waals surface area (Å²) in [5.41, 5.74) is 1.10. The second-order valence-corrected chi connectivity index (χ2v) is 4.80. The van der Waals surface area contributed by atoms with Crippen LogP contribution in [0.3, 0.4) is 0 Å². The van der Waals surface area contributed by atoms with E-state index in [4.69, 9.17) is 9.47 Å². The Kier molecular flexibility index (Phi) is 3.26. The van der Waals surface area contributed by atoms with Crippen molar-refractivity contribution in [3.63, 3.8) is 0 Å². The van der Waals surface area contributed by atoms with Gasteiger partial charge >= 0.3 is 5.91 Å². The minimum Gasteiger partial charge on any atom is -0.431 e. The molecule has 104 valence electrons. The Labute approximate surface area is 119 Å². The van der Waals surface area contributed by atoms with Gasteiger partial charge in [-0.15, -0.1) is 0 Å². The van der Waals surface area contributed by atoms with Crippen LogP contribution in [0, 0.1) is 0 Å². The summed E-state index contributed by atoms with van der Waals surface area (Å²) in [5.74, 6) is 0.868. The van der Waals surface area contributed by atoms with Crippen LogP contribution in [0.1, 0.15) is 20.3 Å². The number of benzene rings is 2. The van der Waals surface area contributed by atoms with Crippen LogP contribution >= 0.6 is 0 Å². The summed E-state index contributed by atoms with van der Waals surface area (Å²) >= 11 is 0. The lowest BCUT2D eigenvalue weighted by Crippen LogP contribution is -2.55. The summed E-state index contributed by atoms with van der Waals surface area (Å²) in [4.78, 5) is 2.16. The first-order chi connectivity index (χ1) is 9.79. The molecule has 3 rings (SSSR count). The summed E-state index contributed by atoms with van der Waals surface area (Å²) in [6.45, 7) is 5.00. The molecule has 0 spiro atoms. The fraction of sp³-hybridized carbons (Fsp3) is 0.294. The Balaban J connectivity index is 1.98. The molecule has 0 aromatic heterocycles. The Bertz CT molecular complexity index is 558. The number of anilines is 1. The van der Waals surface area contributed by atoms with E-state index < -0.39 is 5.91 Å². The van der Waals surface area contributed by atoms with Crippen molar-refractivity contribution in [2.24, 2.45) is 0 Å². The molecule has 2 aromatic rings. The molecule has 0 aliphatic carbocycles. The number of nitrogens with zero attached hydrogens (tertiary/aromatic N) is 1. The number of ether oxygens (including phenoxy) is 2. The standard InChI is InChI=1S/C17H19NO2/c1-3-17(18(4-2)14-10-6-5-7-11-14)19-15-12-8-9-13-16(15)20-17/h5-13H,3-4H2,1-2H3. The molecular weight excluding hydrogens is 250 g/mol. The van der Waals surface area contributed by atoms with Crippen molar-refractivity contribution in [2.75, 3.05) is 11.4 Å². The SMILES string of the molecule is CCN(c1ccccc1)C1(CC)Oc2ccccc2O1. The van der Waals surface area contributed by atoms with Crippen molar-refractivity contribution in [3.8, 4) is 11.5 Å². The monoisotopic (exact) mass is 269 g/mol. The highest BCUT2D eigenvalue weighted by Crippen LogP contribution is 2.43. The number of fused-ring (bicyclic) bond motifs is 1. The van der Waals surface area contributed by atoms with Crippen molar-refractivity contribution in [1.29, 1.82) is 0 Å². The number of hydrogen-bond acceptors (Lipinski definition) is 3. The normalized spacial score (nSPS) is 15.1. The molecule has 0 amide bonds. The van der Waals surface area contributed by atoms with Gasteiger partial charge in [0.1, 0.15) is 0 Å². The van der Waals surface area contributed by atoms with Gasteiger partial charge in [-0.3, -0.25) is 0 Å². The minimum absolute atomic E-state index is 0.740. The van der Waals surface area contributed by atoms with Crippen molar-refractivity contribution in [3.05, 3.63) is 54.6 Å². The van der Waals surface area contributed by atoms with Crippen molar-refractivity contribution in [1.82, 2.24) is 0 Å².